The highest BCUT2D eigenvalue weighted by Crippen LogP contribution is 2.29. The van der Waals surface area contributed by atoms with E-state index in [0.29, 0.717) is 4.90 Å². The minimum atomic E-state index is -0.284. The summed E-state index contributed by atoms with van der Waals surface area (Å²) in [6, 6.07) is 12.5. The molecule has 0 spiro atoms. The molecule has 0 atom stereocenters. The SMILES string of the molecule is Fc1ccc(Sc2ccccc2F)cc1. The van der Waals surface area contributed by atoms with Crippen molar-refractivity contribution in [3.8, 4) is 0 Å². The van der Waals surface area contributed by atoms with Crippen LogP contribution in [0.3, 0.4) is 0 Å². The molecule has 0 aliphatic rings. The van der Waals surface area contributed by atoms with Crippen LogP contribution in [-0.2, 0) is 0 Å². The molecule has 0 aromatic heterocycles. The van der Waals surface area contributed by atoms with E-state index in [9.17, 15) is 8.78 Å². The summed E-state index contributed by atoms with van der Waals surface area (Å²) in [6.45, 7) is 0. The first-order valence-corrected chi connectivity index (χ1v) is 5.25. The molecule has 0 bridgehead atoms. The molecule has 0 radical (unpaired) electrons. The summed E-state index contributed by atoms with van der Waals surface area (Å²) in [5, 5.41) is 0. The fourth-order valence-electron chi connectivity index (χ4n) is 1.16. The maximum atomic E-state index is 13.3. The molecule has 0 aliphatic heterocycles. The minimum Gasteiger partial charge on any atom is -0.207 e. The number of rotatable bonds is 2. The average Bonchev–Trinajstić information content (AvgIpc) is 2.25. The first kappa shape index (κ1) is 10.2. The Morgan fingerprint density at radius 1 is 0.800 bits per heavy atom. The predicted octanol–water partition coefficient (Wildman–Crippen LogP) is 4.12. The maximum absolute atomic E-state index is 13.3. The summed E-state index contributed by atoms with van der Waals surface area (Å²) >= 11 is 1.28. The standard InChI is InChI=1S/C12H8F2S/c13-9-5-7-10(8-6-9)15-12-4-2-1-3-11(12)14/h1-8H. The van der Waals surface area contributed by atoms with E-state index in [4.69, 9.17) is 0 Å². The Morgan fingerprint density at radius 2 is 1.47 bits per heavy atom. The molecule has 0 nitrogen and oxygen atoms in total. The summed E-state index contributed by atoms with van der Waals surface area (Å²) in [7, 11) is 0. The third kappa shape index (κ3) is 2.57. The number of hydrogen-bond acceptors (Lipinski definition) is 1. The summed E-state index contributed by atoms with van der Waals surface area (Å²) in [5.41, 5.74) is 0. The van der Waals surface area contributed by atoms with Crippen molar-refractivity contribution in [2.45, 2.75) is 9.79 Å². The van der Waals surface area contributed by atoms with Crippen molar-refractivity contribution in [1.29, 1.82) is 0 Å². The Bertz CT molecular complexity index is 451. The van der Waals surface area contributed by atoms with Gasteiger partial charge in [0.15, 0.2) is 0 Å². The minimum absolute atomic E-state index is 0.258. The van der Waals surface area contributed by atoms with Crippen LogP contribution in [0, 0.1) is 11.6 Å². The highest BCUT2D eigenvalue weighted by atomic mass is 32.2. The van der Waals surface area contributed by atoms with Gasteiger partial charge in [0.2, 0.25) is 0 Å². The zero-order chi connectivity index (χ0) is 10.7. The number of benzene rings is 2. The third-order valence-corrected chi connectivity index (χ3v) is 2.94. The average molecular weight is 222 g/mol. The smallest absolute Gasteiger partial charge is 0.137 e. The predicted molar refractivity (Wildman–Crippen MR) is 56.9 cm³/mol. The molecule has 2 aromatic carbocycles. The number of hydrogen-bond donors (Lipinski definition) is 0. The molecule has 15 heavy (non-hydrogen) atoms. The normalized spacial score (nSPS) is 10.3. The van der Waals surface area contributed by atoms with Crippen molar-refractivity contribution in [2.75, 3.05) is 0 Å². The summed E-state index contributed by atoms with van der Waals surface area (Å²) in [4.78, 5) is 1.37. The Kier molecular flexibility index (Phi) is 3.02. The third-order valence-electron chi connectivity index (χ3n) is 1.88. The van der Waals surface area contributed by atoms with E-state index in [1.54, 1.807) is 30.3 Å². The van der Waals surface area contributed by atoms with Crippen molar-refractivity contribution in [3.63, 3.8) is 0 Å². The van der Waals surface area contributed by atoms with Gasteiger partial charge in [0, 0.05) is 9.79 Å². The monoisotopic (exact) mass is 222 g/mol. The van der Waals surface area contributed by atoms with E-state index in [0.717, 1.165) is 4.90 Å². The lowest BCUT2D eigenvalue weighted by atomic mass is 10.3. The van der Waals surface area contributed by atoms with Gasteiger partial charge in [-0.05, 0) is 36.4 Å². The van der Waals surface area contributed by atoms with Crippen molar-refractivity contribution in [1.82, 2.24) is 0 Å². The van der Waals surface area contributed by atoms with Crippen LogP contribution < -0.4 is 0 Å². The van der Waals surface area contributed by atoms with Gasteiger partial charge in [-0.1, -0.05) is 23.9 Å². The van der Waals surface area contributed by atoms with Crippen LogP contribution in [0.15, 0.2) is 58.3 Å². The Balaban J connectivity index is 2.22. The highest BCUT2D eigenvalue weighted by Gasteiger charge is 2.02. The summed E-state index contributed by atoms with van der Waals surface area (Å²) in [6.07, 6.45) is 0. The van der Waals surface area contributed by atoms with Crippen molar-refractivity contribution >= 4 is 11.8 Å². The van der Waals surface area contributed by atoms with Crippen molar-refractivity contribution in [3.05, 3.63) is 60.2 Å². The van der Waals surface area contributed by atoms with Gasteiger partial charge in [0.1, 0.15) is 11.6 Å². The van der Waals surface area contributed by atoms with Crippen LogP contribution in [0.5, 0.6) is 0 Å². The molecule has 0 fully saturated rings. The van der Waals surface area contributed by atoms with Gasteiger partial charge in [0.05, 0.1) is 0 Å². The fraction of sp³-hybridized carbons (Fsp3) is 0. The summed E-state index contributed by atoms with van der Waals surface area (Å²) in [5.74, 6) is -0.542. The van der Waals surface area contributed by atoms with Gasteiger partial charge in [-0.2, -0.15) is 0 Å². The van der Waals surface area contributed by atoms with Crippen LogP contribution >= 0.6 is 11.8 Å². The second-order valence-corrected chi connectivity index (χ2v) is 4.10. The Morgan fingerprint density at radius 3 is 2.13 bits per heavy atom. The molecule has 0 N–H and O–H groups in total. The lowest BCUT2D eigenvalue weighted by Crippen LogP contribution is -1.80. The van der Waals surface area contributed by atoms with Gasteiger partial charge in [-0.15, -0.1) is 0 Å². The molecule has 0 heterocycles. The first-order valence-electron chi connectivity index (χ1n) is 4.43. The second-order valence-electron chi connectivity index (χ2n) is 2.99. The van der Waals surface area contributed by atoms with Crippen molar-refractivity contribution < 1.29 is 8.78 Å². The lowest BCUT2D eigenvalue weighted by Gasteiger charge is -2.02. The first-order chi connectivity index (χ1) is 7.25. The largest absolute Gasteiger partial charge is 0.207 e. The fourth-order valence-corrected chi connectivity index (χ4v) is 2.00. The zero-order valence-electron chi connectivity index (χ0n) is 7.78. The lowest BCUT2D eigenvalue weighted by molar-refractivity contribution is 0.602. The highest BCUT2D eigenvalue weighted by molar-refractivity contribution is 7.99. The van der Waals surface area contributed by atoms with Gasteiger partial charge < -0.3 is 0 Å². The molecule has 0 saturated carbocycles. The van der Waals surface area contributed by atoms with E-state index in [1.807, 2.05) is 0 Å². The van der Waals surface area contributed by atoms with E-state index in [2.05, 4.69) is 0 Å². The van der Waals surface area contributed by atoms with Crippen LogP contribution in [0.4, 0.5) is 8.78 Å². The second kappa shape index (κ2) is 4.45. The van der Waals surface area contributed by atoms with Crippen LogP contribution in [0.2, 0.25) is 0 Å². The molecule has 0 saturated heterocycles. The number of halogens is 2. The van der Waals surface area contributed by atoms with E-state index < -0.39 is 0 Å². The Labute approximate surface area is 90.9 Å². The molecule has 0 unspecified atom stereocenters. The molecule has 0 aliphatic carbocycles. The van der Waals surface area contributed by atoms with Gasteiger partial charge in [0.25, 0.3) is 0 Å². The van der Waals surface area contributed by atoms with Gasteiger partial charge in [-0.3, -0.25) is 0 Å². The molecule has 2 rings (SSSR count). The molecule has 2 aromatic rings. The van der Waals surface area contributed by atoms with Gasteiger partial charge >= 0.3 is 0 Å². The Hall–Kier alpha value is -1.35. The molecule has 0 amide bonds. The molecular weight excluding hydrogens is 214 g/mol. The van der Waals surface area contributed by atoms with E-state index in [1.165, 1.54) is 30.0 Å². The van der Waals surface area contributed by atoms with E-state index in [-0.39, 0.29) is 11.6 Å². The molecule has 3 heteroatoms. The molecule has 76 valence electrons. The van der Waals surface area contributed by atoms with Crippen LogP contribution in [0.1, 0.15) is 0 Å². The zero-order valence-corrected chi connectivity index (χ0v) is 8.60. The van der Waals surface area contributed by atoms with Crippen molar-refractivity contribution in [2.24, 2.45) is 0 Å². The molecular formula is C12H8F2S. The van der Waals surface area contributed by atoms with Crippen LogP contribution in [0.25, 0.3) is 0 Å². The van der Waals surface area contributed by atoms with E-state index >= 15 is 0 Å². The van der Waals surface area contributed by atoms with Gasteiger partial charge in [-0.25, -0.2) is 8.78 Å². The topological polar surface area (TPSA) is 0 Å². The summed E-state index contributed by atoms with van der Waals surface area (Å²) < 4.78 is 25.9. The quantitative estimate of drug-likeness (QED) is 0.736. The van der Waals surface area contributed by atoms with Crippen LogP contribution in [-0.4, -0.2) is 0 Å². The maximum Gasteiger partial charge on any atom is 0.137 e.